The van der Waals surface area contributed by atoms with Crippen LogP contribution in [0.4, 0.5) is 0 Å². The predicted molar refractivity (Wildman–Crippen MR) is 154 cm³/mol. The van der Waals surface area contributed by atoms with Crippen molar-refractivity contribution in [1.82, 2.24) is 24.8 Å². The van der Waals surface area contributed by atoms with Gasteiger partial charge in [-0.15, -0.1) is 23.4 Å². The number of rotatable bonds is 10. The topological polar surface area (TPSA) is 129 Å². The molecule has 41 heavy (non-hydrogen) atoms. The van der Waals surface area contributed by atoms with Gasteiger partial charge in [-0.3, -0.25) is 14.4 Å². The third-order valence-corrected chi connectivity index (χ3v) is 11.0. The monoisotopic (exact) mass is 575 g/mol. The number of aromatic nitrogens is 3. The fourth-order valence-corrected chi connectivity index (χ4v) is 9.61. The lowest BCUT2D eigenvalue weighted by molar-refractivity contribution is -0.151. The Bertz CT molecular complexity index is 1510. The van der Waals surface area contributed by atoms with Crippen LogP contribution in [0.25, 0.3) is 11.0 Å². The molecule has 6 atom stereocenters. The largest absolute Gasteiger partial charge is 0.481 e. The highest BCUT2D eigenvalue weighted by molar-refractivity contribution is 8.02. The molecule has 11 heteroatoms. The lowest BCUT2D eigenvalue weighted by atomic mass is 9.66. The number of nitrogens with zero attached hydrogens (tertiary/aromatic N) is 5. The third kappa shape index (κ3) is 4.25. The maximum absolute atomic E-state index is 14.7. The van der Waals surface area contributed by atoms with Gasteiger partial charge in [-0.1, -0.05) is 53.8 Å². The van der Waals surface area contributed by atoms with E-state index in [1.807, 2.05) is 61.5 Å². The molecule has 3 fully saturated rings. The average molecular weight is 576 g/mol. The molecule has 1 spiro atoms. The van der Waals surface area contributed by atoms with Crippen molar-refractivity contribution < 1.29 is 24.6 Å². The second kappa shape index (κ2) is 10.3. The molecule has 2 unspecified atom stereocenters. The molecule has 3 aliphatic rings. The highest BCUT2D eigenvalue weighted by atomic mass is 32.2. The number of thioether (sulfide) groups is 1. The standard InChI is InChI=1S/C30H33N5O5S/c1-3-15-33(18-34-22-12-8-7-11-21(22)31-32-34)27(38)25-30-14-13-29(2,41-30)24(28(39)40)23(30)26(37)35(25)20(17-36)16-19-9-5-4-6-10-19/h3-12,20,23-25,36H,1,13-18H2,2H3,(H,39,40)/t20-,23+,24-,25?,29+,30?/m1/s1. The minimum absolute atomic E-state index is 0.0808. The summed E-state index contributed by atoms with van der Waals surface area (Å²) in [5, 5.41) is 29.4. The van der Waals surface area contributed by atoms with Gasteiger partial charge in [0.25, 0.3) is 0 Å². The number of benzene rings is 2. The van der Waals surface area contributed by atoms with Gasteiger partial charge in [0.2, 0.25) is 11.8 Å². The fourth-order valence-electron chi connectivity index (χ4n) is 7.28. The second-order valence-electron chi connectivity index (χ2n) is 11.4. The van der Waals surface area contributed by atoms with Crippen LogP contribution >= 0.6 is 11.8 Å². The van der Waals surface area contributed by atoms with Crippen LogP contribution in [0.1, 0.15) is 25.3 Å². The second-order valence-corrected chi connectivity index (χ2v) is 13.3. The summed E-state index contributed by atoms with van der Waals surface area (Å²) in [6, 6.07) is 15.3. The van der Waals surface area contributed by atoms with Crippen molar-refractivity contribution in [3.63, 3.8) is 0 Å². The van der Waals surface area contributed by atoms with E-state index < -0.39 is 39.4 Å². The quantitative estimate of drug-likeness (QED) is 0.353. The molecule has 3 saturated heterocycles. The van der Waals surface area contributed by atoms with Crippen molar-refractivity contribution in [2.24, 2.45) is 11.8 Å². The number of hydrogen-bond acceptors (Lipinski definition) is 7. The Morgan fingerprint density at radius 1 is 1.20 bits per heavy atom. The van der Waals surface area contributed by atoms with E-state index in [2.05, 4.69) is 16.9 Å². The number of aliphatic hydroxyl groups is 1. The number of fused-ring (bicyclic) bond motifs is 2. The summed E-state index contributed by atoms with van der Waals surface area (Å²) in [5.74, 6) is -3.48. The van der Waals surface area contributed by atoms with E-state index in [4.69, 9.17) is 0 Å². The molecule has 0 saturated carbocycles. The molecule has 2 N–H and O–H groups in total. The number of hydrogen-bond donors (Lipinski definition) is 2. The Balaban J connectivity index is 1.43. The van der Waals surface area contributed by atoms with Gasteiger partial charge >= 0.3 is 5.97 Å². The molecule has 3 aromatic rings. The van der Waals surface area contributed by atoms with Crippen molar-refractivity contribution in [2.45, 2.75) is 54.4 Å². The van der Waals surface area contributed by atoms with E-state index in [0.717, 1.165) is 11.1 Å². The molecule has 2 aromatic carbocycles. The summed E-state index contributed by atoms with van der Waals surface area (Å²) in [6.07, 6.45) is 3.10. The zero-order valence-corrected chi connectivity index (χ0v) is 23.6. The summed E-state index contributed by atoms with van der Waals surface area (Å²) < 4.78 is 0.0668. The van der Waals surface area contributed by atoms with E-state index in [1.54, 1.807) is 15.7 Å². The van der Waals surface area contributed by atoms with Crippen LogP contribution in [0.2, 0.25) is 0 Å². The van der Waals surface area contributed by atoms with E-state index in [1.165, 1.54) is 16.7 Å². The zero-order chi connectivity index (χ0) is 28.9. The van der Waals surface area contributed by atoms with Crippen molar-refractivity contribution >= 4 is 40.6 Å². The Morgan fingerprint density at radius 2 is 1.93 bits per heavy atom. The van der Waals surface area contributed by atoms with E-state index in [-0.39, 0.29) is 31.6 Å². The number of aliphatic carboxylic acids is 1. The van der Waals surface area contributed by atoms with Gasteiger partial charge in [0.05, 0.1) is 34.7 Å². The Kier molecular flexibility index (Phi) is 6.89. The molecule has 0 radical (unpaired) electrons. The van der Waals surface area contributed by atoms with Crippen molar-refractivity contribution in [2.75, 3.05) is 13.2 Å². The van der Waals surface area contributed by atoms with Gasteiger partial charge in [0.15, 0.2) is 0 Å². The van der Waals surface area contributed by atoms with Gasteiger partial charge < -0.3 is 20.0 Å². The SMILES string of the molecule is C=CCN(Cn1nnc2ccccc21)C(=O)C1N([C@@H](CO)Cc2ccccc2)C(=O)[C@@H]2[C@H](C(=O)O)[C@]3(C)CCC12S3. The van der Waals surface area contributed by atoms with E-state index in [9.17, 15) is 24.6 Å². The van der Waals surface area contributed by atoms with Gasteiger partial charge in [0, 0.05) is 11.3 Å². The third-order valence-electron chi connectivity index (χ3n) is 9.02. The van der Waals surface area contributed by atoms with Crippen LogP contribution in [0.5, 0.6) is 0 Å². The summed E-state index contributed by atoms with van der Waals surface area (Å²) in [5.41, 5.74) is 2.37. The average Bonchev–Trinajstić information content (AvgIpc) is 3.67. The molecule has 214 valence electrons. The fraction of sp³-hybridized carbons (Fsp3) is 0.433. The number of para-hydroxylation sites is 1. The van der Waals surface area contributed by atoms with Gasteiger partial charge in [-0.2, -0.15) is 0 Å². The number of aliphatic hydroxyl groups excluding tert-OH is 1. The normalized spacial score (nSPS) is 29.1. The van der Waals surface area contributed by atoms with Gasteiger partial charge in [0.1, 0.15) is 18.2 Å². The zero-order valence-electron chi connectivity index (χ0n) is 22.8. The lowest BCUT2D eigenvalue weighted by Gasteiger charge is -2.39. The predicted octanol–water partition coefficient (Wildman–Crippen LogP) is 2.57. The van der Waals surface area contributed by atoms with Crippen LogP contribution in [-0.4, -0.2) is 87.5 Å². The number of likely N-dealkylation sites (tertiary alicyclic amines) is 1. The first kappa shape index (κ1) is 27.5. The van der Waals surface area contributed by atoms with Gasteiger partial charge in [-0.05, 0) is 43.9 Å². The van der Waals surface area contributed by atoms with Crippen LogP contribution in [0.3, 0.4) is 0 Å². The Hall–Kier alpha value is -3.70. The van der Waals surface area contributed by atoms with Crippen LogP contribution in [0.15, 0.2) is 67.3 Å². The molecule has 2 bridgehead atoms. The van der Waals surface area contributed by atoms with Crippen molar-refractivity contribution in [3.8, 4) is 0 Å². The lowest BCUT2D eigenvalue weighted by Crippen LogP contribution is -2.58. The molecule has 0 aliphatic carbocycles. The number of carboxylic acid groups (broad SMARTS) is 1. The Morgan fingerprint density at radius 3 is 2.63 bits per heavy atom. The molecule has 6 rings (SSSR count). The highest BCUT2D eigenvalue weighted by Crippen LogP contribution is 2.71. The first-order chi connectivity index (χ1) is 19.7. The van der Waals surface area contributed by atoms with Crippen LogP contribution < -0.4 is 0 Å². The molecule has 2 amide bonds. The maximum Gasteiger partial charge on any atom is 0.308 e. The molecule has 4 heterocycles. The molecular formula is C30H33N5O5S. The summed E-state index contributed by atoms with van der Waals surface area (Å²) in [4.78, 5) is 44.8. The van der Waals surface area contributed by atoms with Crippen molar-refractivity contribution in [1.29, 1.82) is 0 Å². The van der Waals surface area contributed by atoms with Crippen molar-refractivity contribution in [3.05, 3.63) is 72.8 Å². The number of carboxylic acids is 1. The van der Waals surface area contributed by atoms with E-state index in [0.29, 0.717) is 24.8 Å². The molecular weight excluding hydrogens is 542 g/mol. The smallest absolute Gasteiger partial charge is 0.308 e. The Labute approximate surface area is 242 Å². The first-order valence-electron chi connectivity index (χ1n) is 13.8. The van der Waals surface area contributed by atoms with Crippen LogP contribution in [-0.2, 0) is 27.5 Å². The molecule has 1 aromatic heterocycles. The summed E-state index contributed by atoms with van der Waals surface area (Å²) in [7, 11) is 0. The van der Waals surface area contributed by atoms with Gasteiger partial charge in [-0.25, -0.2) is 4.68 Å². The minimum atomic E-state index is -1.02. The number of carbonyl (C=O) groups excluding carboxylic acids is 2. The summed E-state index contributed by atoms with van der Waals surface area (Å²) in [6.45, 7) is 5.68. The number of carbonyl (C=O) groups is 3. The van der Waals surface area contributed by atoms with Crippen LogP contribution in [0, 0.1) is 11.8 Å². The van der Waals surface area contributed by atoms with E-state index >= 15 is 0 Å². The minimum Gasteiger partial charge on any atom is -0.481 e. The number of amides is 2. The maximum atomic E-state index is 14.7. The molecule has 3 aliphatic heterocycles. The molecule has 10 nitrogen and oxygen atoms in total. The summed E-state index contributed by atoms with van der Waals surface area (Å²) >= 11 is 1.48. The highest BCUT2D eigenvalue weighted by Gasteiger charge is 2.78. The first-order valence-corrected chi connectivity index (χ1v) is 14.6.